The maximum atomic E-state index is 2.49. The van der Waals surface area contributed by atoms with E-state index in [1.807, 2.05) is 0 Å². The van der Waals surface area contributed by atoms with Crippen molar-refractivity contribution in [3.05, 3.63) is 265 Å². The van der Waals surface area contributed by atoms with E-state index < -0.39 is 0 Å². The van der Waals surface area contributed by atoms with Crippen LogP contribution in [-0.2, 0) is 10.8 Å². The Morgan fingerprint density at radius 2 is 0.447 bits per heavy atom. The molecule has 0 aromatic heterocycles. The molecule has 0 spiro atoms. The molecule has 2 aliphatic carbocycles. The predicted octanol–water partition coefficient (Wildman–Crippen LogP) is 21.0. The van der Waals surface area contributed by atoms with Gasteiger partial charge in [-0.05, 0) is 189 Å². The fourth-order valence-electron chi connectivity index (χ4n) is 14.4. The summed E-state index contributed by atoms with van der Waals surface area (Å²) in [5.41, 5.74) is 20.9. The molecule has 0 N–H and O–H groups in total. The Bertz CT molecular complexity index is 4560. The minimum Gasteiger partial charge on any atom is -0.0619 e. The van der Waals surface area contributed by atoms with Crippen molar-refractivity contribution in [2.45, 2.75) is 38.5 Å². The Kier molecular flexibility index (Phi) is 8.96. The predicted molar refractivity (Wildman–Crippen MR) is 326 cm³/mol. The summed E-state index contributed by atoms with van der Waals surface area (Å²) in [5.74, 6) is 0. The Morgan fingerprint density at radius 1 is 0.184 bits per heavy atom. The van der Waals surface area contributed by atoms with E-state index in [0.29, 0.717) is 0 Å². The van der Waals surface area contributed by atoms with E-state index in [-0.39, 0.29) is 10.8 Å². The van der Waals surface area contributed by atoms with Crippen LogP contribution in [0.2, 0.25) is 0 Å². The van der Waals surface area contributed by atoms with Gasteiger partial charge in [0.2, 0.25) is 0 Å². The molecule has 0 unspecified atom stereocenters. The molecule has 0 amide bonds. The van der Waals surface area contributed by atoms with E-state index in [2.05, 4.69) is 270 Å². The highest BCUT2D eigenvalue weighted by atomic mass is 14.4. The lowest BCUT2D eigenvalue weighted by Gasteiger charge is -2.22. The van der Waals surface area contributed by atoms with Crippen LogP contribution in [-0.4, -0.2) is 0 Å². The standard InChI is InChI=1S/C76H52/c1-75(2)69-27-15-13-23-61(69)63-35-31-47(43-71(63)75)51-39-37-49(53-17-5-7-19-55(51)53)45-29-33-59-57-21-9-12-26-66(57)74-68-42-46(30-34-60(68)58-22-10-11-25-65(58)73(74)67(59)41-45)50-38-40-52(56-20-8-6-18-54(50)56)48-32-36-64-62-24-14-16-28-70(62)76(3,4)72(64)44-48/h5-44H,1-4H3. The van der Waals surface area contributed by atoms with Crippen molar-refractivity contribution < 1.29 is 0 Å². The molecule has 0 atom stereocenters. The van der Waals surface area contributed by atoms with Gasteiger partial charge in [0.25, 0.3) is 0 Å². The van der Waals surface area contributed by atoms with Gasteiger partial charge in [-0.2, -0.15) is 0 Å². The summed E-state index contributed by atoms with van der Waals surface area (Å²) in [4.78, 5) is 0. The molecule has 0 saturated carbocycles. The highest BCUT2D eigenvalue weighted by Gasteiger charge is 2.37. The molecule has 0 radical (unpaired) electrons. The molecule has 0 saturated heterocycles. The van der Waals surface area contributed by atoms with Crippen LogP contribution in [0.3, 0.4) is 0 Å². The van der Waals surface area contributed by atoms with Crippen LogP contribution in [0.5, 0.6) is 0 Å². The minimum absolute atomic E-state index is 0.0670. The van der Waals surface area contributed by atoms with Crippen molar-refractivity contribution in [1.29, 1.82) is 0 Å². The second kappa shape index (κ2) is 15.7. The van der Waals surface area contributed by atoms with Crippen LogP contribution >= 0.6 is 0 Å². The first-order chi connectivity index (χ1) is 37.2. The summed E-state index contributed by atoms with van der Waals surface area (Å²) in [7, 11) is 0. The summed E-state index contributed by atoms with van der Waals surface area (Å²) in [6.07, 6.45) is 0. The van der Waals surface area contributed by atoms with Crippen LogP contribution < -0.4 is 0 Å². The molecule has 0 aliphatic heterocycles. The molecule has 0 heterocycles. The van der Waals surface area contributed by atoms with Crippen molar-refractivity contribution in [2.24, 2.45) is 0 Å². The van der Waals surface area contributed by atoms with Crippen molar-refractivity contribution in [2.75, 3.05) is 0 Å². The van der Waals surface area contributed by atoms with Crippen molar-refractivity contribution in [1.82, 2.24) is 0 Å². The summed E-state index contributed by atoms with van der Waals surface area (Å²) in [5, 5.41) is 17.9. The van der Waals surface area contributed by atoms with Crippen LogP contribution in [0.15, 0.2) is 243 Å². The minimum atomic E-state index is -0.0670. The third-order valence-electron chi connectivity index (χ3n) is 18.1. The van der Waals surface area contributed by atoms with E-state index in [9.17, 15) is 0 Å². The topological polar surface area (TPSA) is 0 Å². The average Bonchev–Trinajstić information content (AvgIpc) is 3.98. The van der Waals surface area contributed by atoms with E-state index >= 15 is 0 Å². The first-order valence-electron chi connectivity index (χ1n) is 27.0. The quantitative estimate of drug-likeness (QED) is 0.154. The zero-order valence-electron chi connectivity index (χ0n) is 43.1. The molecular weight excluding hydrogens is 913 g/mol. The van der Waals surface area contributed by atoms with Crippen molar-refractivity contribution in [3.63, 3.8) is 0 Å². The summed E-state index contributed by atoms with van der Waals surface area (Å²) >= 11 is 0. The number of benzene rings is 14. The Labute approximate surface area is 443 Å². The highest BCUT2D eigenvalue weighted by Crippen LogP contribution is 2.53. The molecule has 76 heavy (non-hydrogen) atoms. The van der Waals surface area contributed by atoms with E-state index in [1.165, 1.54) is 164 Å². The van der Waals surface area contributed by atoms with Gasteiger partial charge in [-0.15, -0.1) is 0 Å². The van der Waals surface area contributed by atoms with Gasteiger partial charge < -0.3 is 0 Å². The van der Waals surface area contributed by atoms with Crippen LogP contribution in [0, 0.1) is 0 Å². The smallest absolute Gasteiger partial charge is 0.0159 e. The van der Waals surface area contributed by atoms with Crippen LogP contribution in [0.4, 0.5) is 0 Å². The third kappa shape index (κ3) is 5.96. The SMILES string of the molecule is CC1(C)c2ccccc2-c2ccc(-c3ccc(-c4ccc5c6ccccc6c6c7cc(-c8ccc(-c9ccc%10c(c9)C(C)(C)c9ccccc9-%10)c9ccccc89)ccc7c7ccccc7c6c5c4)c4ccccc34)cc21. The molecule has 0 heteroatoms. The fourth-order valence-corrected chi connectivity index (χ4v) is 14.4. The monoisotopic (exact) mass is 964 g/mol. The second-order valence-electron chi connectivity index (χ2n) is 22.6. The average molecular weight is 965 g/mol. The number of hydrogen-bond donors (Lipinski definition) is 0. The lowest BCUT2D eigenvalue weighted by atomic mass is 9.81. The maximum Gasteiger partial charge on any atom is 0.0159 e. The Hall–Kier alpha value is -9.10. The van der Waals surface area contributed by atoms with E-state index in [4.69, 9.17) is 0 Å². The van der Waals surface area contributed by atoms with Gasteiger partial charge in [-0.3, -0.25) is 0 Å². The Balaban J connectivity index is 0.882. The van der Waals surface area contributed by atoms with Gasteiger partial charge in [0.05, 0.1) is 0 Å². The van der Waals surface area contributed by atoms with Gasteiger partial charge in [0, 0.05) is 10.8 Å². The number of rotatable bonds is 4. The molecule has 356 valence electrons. The summed E-state index contributed by atoms with van der Waals surface area (Å²) in [6.45, 7) is 9.48. The van der Waals surface area contributed by atoms with Gasteiger partial charge in [-0.25, -0.2) is 0 Å². The zero-order valence-corrected chi connectivity index (χ0v) is 43.1. The molecule has 0 nitrogen and oxygen atoms in total. The lowest BCUT2D eigenvalue weighted by Crippen LogP contribution is -2.14. The van der Waals surface area contributed by atoms with E-state index in [1.54, 1.807) is 0 Å². The van der Waals surface area contributed by atoms with Crippen LogP contribution in [0.25, 0.3) is 142 Å². The normalized spacial score (nSPS) is 14.0. The van der Waals surface area contributed by atoms with Crippen molar-refractivity contribution >= 4 is 75.4 Å². The molecule has 14 aromatic carbocycles. The zero-order chi connectivity index (χ0) is 50.6. The second-order valence-corrected chi connectivity index (χ2v) is 22.6. The van der Waals surface area contributed by atoms with Crippen molar-refractivity contribution in [3.8, 4) is 66.8 Å². The van der Waals surface area contributed by atoms with Gasteiger partial charge in [0.1, 0.15) is 0 Å². The molecule has 2 aliphatic rings. The van der Waals surface area contributed by atoms with Crippen LogP contribution in [0.1, 0.15) is 49.9 Å². The first kappa shape index (κ1) is 43.3. The van der Waals surface area contributed by atoms with Gasteiger partial charge >= 0.3 is 0 Å². The van der Waals surface area contributed by atoms with Gasteiger partial charge in [0.15, 0.2) is 0 Å². The molecule has 0 bridgehead atoms. The molecule has 14 aromatic rings. The fraction of sp³-hybridized carbons (Fsp3) is 0.0789. The molecule has 16 rings (SSSR count). The Morgan fingerprint density at radius 3 is 0.829 bits per heavy atom. The molecule has 0 fully saturated rings. The maximum absolute atomic E-state index is 2.49. The largest absolute Gasteiger partial charge is 0.0619 e. The number of fused-ring (bicyclic) bond motifs is 19. The molecular formula is C76H52. The third-order valence-corrected chi connectivity index (χ3v) is 18.1. The lowest BCUT2D eigenvalue weighted by molar-refractivity contribution is 0.660. The summed E-state index contributed by atoms with van der Waals surface area (Å²) < 4.78 is 0. The van der Waals surface area contributed by atoms with E-state index in [0.717, 1.165) is 0 Å². The highest BCUT2D eigenvalue weighted by molar-refractivity contribution is 6.40. The number of hydrogen-bond acceptors (Lipinski definition) is 0. The van der Waals surface area contributed by atoms with Gasteiger partial charge in [-0.1, -0.05) is 246 Å². The summed E-state index contributed by atoms with van der Waals surface area (Å²) in [6, 6.07) is 92.3. The first-order valence-corrected chi connectivity index (χ1v) is 27.0.